The first kappa shape index (κ1) is 14.7. The van der Waals surface area contributed by atoms with Gasteiger partial charge in [-0.3, -0.25) is 14.1 Å². The monoisotopic (exact) mass is 305 g/mol. The molecule has 21 heavy (non-hydrogen) atoms. The van der Waals surface area contributed by atoms with Crippen molar-refractivity contribution in [3.8, 4) is 0 Å². The van der Waals surface area contributed by atoms with Crippen LogP contribution in [0.25, 0.3) is 4.96 Å². The third-order valence-electron chi connectivity index (χ3n) is 4.96. The van der Waals surface area contributed by atoms with Crippen LogP contribution >= 0.6 is 11.3 Å². The number of imidazole rings is 1. The summed E-state index contributed by atoms with van der Waals surface area (Å²) in [5, 5.41) is 2.01. The number of carbonyl (C=O) groups is 1. The highest BCUT2D eigenvalue weighted by Gasteiger charge is 2.42. The fourth-order valence-electron chi connectivity index (χ4n) is 3.41. The number of aromatic nitrogens is 2. The van der Waals surface area contributed by atoms with Gasteiger partial charge in [0.2, 0.25) is 0 Å². The molecule has 4 nitrogen and oxygen atoms in total. The Balaban J connectivity index is 1.79. The SMILES string of the molecule is CC1CCC(C(=O)Cc2cn3ccsc3n2)(N(C)C)CC1. The van der Waals surface area contributed by atoms with Crippen LogP contribution in [0.2, 0.25) is 0 Å². The molecule has 0 unspecified atom stereocenters. The molecule has 2 heterocycles. The Hall–Kier alpha value is -1.20. The zero-order valence-electron chi connectivity index (χ0n) is 13.0. The predicted molar refractivity (Wildman–Crippen MR) is 85.8 cm³/mol. The standard InChI is InChI=1S/C16H23N3OS/c1-12-4-6-16(7-5-12,18(2)3)14(20)10-13-11-19-8-9-21-15(19)17-13/h8-9,11-12H,4-7,10H2,1-3H3. The molecule has 0 radical (unpaired) electrons. The summed E-state index contributed by atoms with van der Waals surface area (Å²) < 4.78 is 2.00. The van der Waals surface area contributed by atoms with Crippen molar-refractivity contribution in [1.29, 1.82) is 0 Å². The second-order valence-electron chi connectivity index (χ2n) is 6.53. The van der Waals surface area contributed by atoms with E-state index in [9.17, 15) is 4.79 Å². The molecule has 2 aromatic rings. The van der Waals surface area contributed by atoms with E-state index in [1.165, 1.54) is 0 Å². The molecular formula is C16H23N3OS. The van der Waals surface area contributed by atoms with E-state index in [4.69, 9.17) is 0 Å². The number of hydrogen-bond donors (Lipinski definition) is 0. The molecule has 1 aliphatic rings. The maximum absolute atomic E-state index is 12.9. The molecule has 0 saturated heterocycles. The topological polar surface area (TPSA) is 37.6 Å². The first-order valence-electron chi connectivity index (χ1n) is 7.63. The van der Waals surface area contributed by atoms with Gasteiger partial charge in [0.05, 0.1) is 17.7 Å². The number of carbonyl (C=O) groups excluding carboxylic acids is 1. The van der Waals surface area contributed by atoms with Gasteiger partial charge in [-0.1, -0.05) is 6.92 Å². The van der Waals surface area contributed by atoms with Crippen LogP contribution in [0, 0.1) is 5.92 Å². The maximum Gasteiger partial charge on any atom is 0.193 e. The Morgan fingerprint density at radius 2 is 2.19 bits per heavy atom. The fourth-order valence-corrected chi connectivity index (χ4v) is 4.12. The summed E-state index contributed by atoms with van der Waals surface area (Å²) in [6.07, 6.45) is 8.65. The van der Waals surface area contributed by atoms with Crippen LogP contribution in [0.3, 0.4) is 0 Å². The molecular weight excluding hydrogens is 282 g/mol. The number of nitrogens with zero attached hydrogens (tertiary/aromatic N) is 3. The van der Waals surface area contributed by atoms with Gasteiger partial charge in [-0.2, -0.15) is 0 Å². The maximum atomic E-state index is 12.9. The number of Topliss-reactive ketones (excluding diaryl/α,β-unsaturated/α-hetero) is 1. The average molecular weight is 305 g/mol. The van der Waals surface area contributed by atoms with Crippen molar-refractivity contribution >= 4 is 22.1 Å². The van der Waals surface area contributed by atoms with Gasteiger partial charge in [-0.15, -0.1) is 11.3 Å². The lowest BCUT2D eigenvalue weighted by Crippen LogP contribution is -2.53. The normalized spacial score (nSPS) is 26.6. The van der Waals surface area contributed by atoms with Gasteiger partial charge in [0.1, 0.15) is 0 Å². The van der Waals surface area contributed by atoms with Crippen molar-refractivity contribution in [2.75, 3.05) is 14.1 Å². The highest BCUT2D eigenvalue weighted by molar-refractivity contribution is 7.15. The Morgan fingerprint density at radius 1 is 1.48 bits per heavy atom. The first-order valence-corrected chi connectivity index (χ1v) is 8.51. The van der Waals surface area contributed by atoms with Crippen LogP contribution in [0.4, 0.5) is 0 Å². The Bertz CT molecular complexity index is 606. The summed E-state index contributed by atoms with van der Waals surface area (Å²) >= 11 is 1.61. The van der Waals surface area contributed by atoms with E-state index in [1.807, 2.05) is 36.3 Å². The molecule has 1 saturated carbocycles. The molecule has 5 heteroatoms. The van der Waals surface area contributed by atoms with E-state index >= 15 is 0 Å². The number of hydrogen-bond acceptors (Lipinski definition) is 4. The molecule has 0 bridgehead atoms. The number of ketones is 1. The second kappa shape index (κ2) is 5.54. The second-order valence-corrected chi connectivity index (χ2v) is 7.41. The largest absolute Gasteiger partial charge is 0.297 e. The predicted octanol–water partition coefficient (Wildman–Crippen LogP) is 3.02. The molecule has 3 rings (SSSR count). The van der Waals surface area contributed by atoms with Crippen LogP contribution in [0.1, 0.15) is 38.3 Å². The zero-order chi connectivity index (χ0) is 15.0. The highest BCUT2D eigenvalue weighted by Crippen LogP contribution is 2.36. The van der Waals surface area contributed by atoms with Gasteiger partial charge in [0.25, 0.3) is 0 Å². The Kier molecular flexibility index (Phi) is 3.88. The molecule has 0 N–H and O–H groups in total. The summed E-state index contributed by atoms with van der Waals surface area (Å²) in [4.78, 5) is 20.6. The van der Waals surface area contributed by atoms with Gasteiger partial charge in [0.15, 0.2) is 10.7 Å². The van der Waals surface area contributed by atoms with Crippen molar-refractivity contribution in [2.24, 2.45) is 5.92 Å². The molecule has 0 aromatic carbocycles. The van der Waals surface area contributed by atoms with Gasteiger partial charge in [0, 0.05) is 17.8 Å². The van der Waals surface area contributed by atoms with E-state index in [2.05, 4.69) is 16.8 Å². The molecule has 1 fully saturated rings. The summed E-state index contributed by atoms with van der Waals surface area (Å²) in [7, 11) is 4.08. The van der Waals surface area contributed by atoms with Crippen LogP contribution in [0.5, 0.6) is 0 Å². The third kappa shape index (κ3) is 2.64. The lowest BCUT2D eigenvalue weighted by Gasteiger charge is -2.43. The minimum atomic E-state index is -0.288. The van der Waals surface area contributed by atoms with Crippen molar-refractivity contribution in [1.82, 2.24) is 14.3 Å². The number of fused-ring (bicyclic) bond motifs is 1. The third-order valence-corrected chi connectivity index (χ3v) is 5.73. The lowest BCUT2D eigenvalue weighted by atomic mass is 9.73. The van der Waals surface area contributed by atoms with E-state index in [1.54, 1.807) is 11.3 Å². The smallest absolute Gasteiger partial charge is 0.193 e. The van der Waals surface area contributed by atoms with Crippen LogP contribution in [0.15, 0.2) is 17.8 Å². The van der Waals surface area contributed by atoms with Crippen molar-refractivity contribution in [2.45, 2.75) is 44.6 Å². The molecule has 0 atom stereocenters. The molecule has 2 aromatic heterocycles. The van der Waals surface area contributed by atoms with Crippen molar-refractivity contribution in [3.05, 3.63) is 23.5 Å². The van der Waals surface area contributed by atoms with Crippen molar-refractivity contribution in [3.63, 3.8) is 0 Å². The van der Waals surface area contributed by atoms with E-state index in [-0.39, 0.29) is 5.54 Å². The number of thiazole rings is 1. The van der Waals surface area contributed by atoms with E-state index in [0.717, 1.165) is 42.3 Å². The van der Waals surface area contributed by atoms with E-state index < -0.39 is 0 Å². The quantitative estimate of drug-likeness (QED) is 0.871. The first-order chi connectivity index (χ1) is 10.0. The lowest BCUT2D eigenvalue weighted by molar-refractivity contribution is -0.131. The molecule has 0 amide bonds. The molecule has 114 valence electrons. The summed E-state index contributed by atoms with van der Waals surface area (Å²) in [5.74, 6) is 1.06. The Labute approximate surface area is 129 Å². The molecule has 1 aliphatic carbocycles. The molecule has 0 spiro atoms. The van der Waals surface area contributed by atoms with Gasteiger partial charge in [-0.05, 0) is 45.7 Å². The van der Waals surface area contributed by atoms with Crippen LogP contribution in [-0.2, 0) is 11.2 Å². The summed E-state index contributed by atoms with van der Waals surface area (Å²) in [6.45, 7) is 2.29. The molecule has 0 aliphatic heterocycles. The Morgan fingerprint density at radius 3 is 2.81 bits per heavy atom. The zero-order valence-corrected chi connectivity index (χ0v) is 13.8. The highest BCUT2D eigenvalue weighted by atomic mass is 32.1. The van der Waals surface area contributed by atoms with Crippen LogP contribution in [-0.4, -0.2) is 39.7 Å². The van der Waals surface area contributed by atoms with E-state index in [0.29, 0.717) is 12.2 Å². The summed E-state index contributed by atoms with van der Waals surface area (Å²) in [6, 6.07) is 0. The minimum absolute atomic E-state index is 0.288. The number of likely N-dealkylation sites (N-methyl/N-ethyl adjacent to an activating group) is 1. The van der Waals surface area contributed by atoms with Crippen molar-refractivity contribution < 1.29 is 4.79 Å². The van der Waals surface area contributed by atoms with Crippen LogP contribution < -0.4 is 0 Å². The van der Waals surface area contributed by atoms with Gasteiger partial charge < -0.3 is 0 Å². The average Bonchev–Trinajstić information content (AvgIpc) is 3.00. The minimum Gasteiger partial charge on any atom is -0.297 e. The fraction of sp³-hybridized carbons (Fsp3) is 0.625. The summed E-state index contributed by atoms with van der Waals surface area (Å²) in [5.41, 5.74) is 0.607. The number of rotatable bonds is 4. The van der Waals surface area contributed by atoms with Gasteiger partial charge >= 0.3 is 0 Å². The van der Waals surface area contributed by atoms with Gasteiger partial charge in [-0.25, -0.2) is 4.98 Å².